The molecule has 2 aromatic carbocycles. The highest BCUT2D eigenvalue weighted by molar-refractivity contribution is 7.99. The van der Waals surface area contributed by atoms with Gasteiger partial charge in [0.2, 0.25) is 5.91 Å². The van der Waals surface area contributed by atoms with Crippen LogP contribution in [0.5, 0.6) is 5.75 Å². The van der Waals surface area contributed by atoms with Crippen LogP contribution in [0.25, 0.3) is 5.69 Å². The summed E-state index contributed by atoms with van der Waals surface area (Å²) in [6.07, 6.45) is 2.88. The minimum atomic E-state index is -0.436. The maximum Gasteiger partial charge on any atom is 0.287 e. The summed E-state index contributed by atoms with van der Waals surface area (Å²) < 4.78 is 20.3. The number of aromatic nitrogens is 2. The van der Waals surface area contributed by atoms with Crippen LogP contribution in [0.3, 0.4) is 0 Å². The molecule has 0 aliphatic rings. The Labute approximate surface area is 175 Å². The molecule has 0 unspecified atom stereocenters. The van der Waals surface area contributed by atoms with E-state index in [1.165, 1.54) is 30.1 Å². The Kier molecular flexibility index (Phi) is 6.56. The van der Waals surface area contributed by atoms with Crippen molar-refractivity contribution in [2.75, 3.05) is 18.2 Å². The van der Waals surface area contributed by atoms with Crippen molar-refractivity contribution >= 4 is 35.0 Å². The summed E-state index contributed by atoms with van der Waals surface area (Å²) in [5.41, 5.74) is 0.863. The first-order valence-corrected chi connectivity index (χ1v) is 9.86. The van der Waals surface area contributed by atoms with E-state index in [1.54, 1.807) is 37.3 Å². The lowest BCUT2D eigenvalue weighted by Gasteiger charge is -2.11. The fourth-order valence-corrected chi connectivity index (χ4v) is 3.39. The van der Waals surface area contributed by atoms with Crippen LogP contribution in [0, 0.1) is 12.7 Å². The van der Waals surface area contributed by atoms with E-state index in [9.17, 15) is 14.0 Å². The van der Waals surface area contributed by atoms with Gasteiger partial charge in [-0.25, -0.2) is 9.37 Å². The average Bonchev–Trinajstić information content (AvgIpc) is 2.69. The van der Waals surface area contributed by atoms with Crippen LogP contribution in [0.4, 0.5) is 10.1 Å². The Morgan fingerprint density at radius 2 is 2.10 bits per heavy atom. The van der Waals surface area contributed by atoms with E-state index in [1.807, 2.05) is 0 Å². The summed E-state index contributed by atoms with van der Waals surface area (Å²) in [7, 11) is 1.48. The monoisotopic (exact) mass is 433 g/mol. The molecule has 9 heteroatoms. The first-order chi connectivity index (χ1) is 13.9. The van der Waals surface area contributed by atoms with Crippen molar-refractivity contribution in [1.82, 2.24) is 9.55 Å². The van der Waals surface area contributed by atoms with Gasteiger partial charge in [-0.1, -0.05) is 29.4 Å². The number of nitrogens with one attached hydrogen (secondary N) is 1. The standard InChI is InChI=1S/C20H17ClFN3O3S/c1-12-3-5-14(10-15(12)22)25-8-7-23-19(20(25)27)29-11-18(26)24-16-9-13(21)4-6-17(16)28-2/h3-10H,11H2,1-2H3,(H,24,26). The van der Waals surface area contributed by atoms with Gasteiger partial charge in [0.1, 0.15) is 11.6 Å². The van der Waals surface area contributed by atoms with Gasteiger partial charge < -0.3 is 10.1 Å². The number of carbonyl (C=O) groups excluding carboxylic acids is 1. The molecule has 0 aliphatic carbocycles. The molecule has 150 valence electrons. The first-order valence-electron chi connectivity index (χ1n) is 8.49. The zero-order valence-corrected chi connectivity index (χ0v) is 17.2. The van der Waals surface area contributed by atoms with Gasteiger partial charge in [-0.2, -0.15) is 0 Å². The second kappa shape index (κ2) is 9.11. The van der Waals surface area contributed by atoms with Crippen molar-refractivity contribution in [2.24, 2.45) is 0 Å². The molecule has 0 fully saturated rings. The third kappa shape index (κ3) is 4.96. The highest BCUT2D eigenvalue weighted by Crippen LogP contribution is 2.28. The van der Waals surface area contributed by atoms with Crippen LogP contribution in [0.15, 0.2) is 58.6 Å². The van der Waals surface area contributed by atoms with Crippen molar-refractivity contribution in [1.29, 1.82) is 0 Å². The van der Waals surface area contributed by atoms with E-state index >= 15 is 0 Å². The molecule has 3 rings (SSSR count). The van der Waals surface area contributed by atoms with Gasteiger partial charge in [0.15, 0.2) is 5.03 Å². The van der Waals surface area contributed by atoms with E-state index in [2.05, 4.69) is 10.3 Å². The van der Waals surface area contributed by atoms with Crippen molar-refractivity contribution in [2.45, 2.75) is 11.9 Å². The molecular weight excluding hydrogens is 417 g/mol. The lowest BCUT2D eigenvalue weighted by Crippen LogP contribution is -2.22. The smallest absolute Gasteiger partial charge is 0.287 e. The molecule has 1 aromatic heterocycles. The second-order valence-corrected chi connectivity index (χ2v) is 7.42. The number of rotatable bonds is 6. The van der Waals surface area contributed by atoms with Crippen LogP contribution in [0.1, 0.15) is 5.56 Å². The number of ether oxygens (including phenoxy) is 1. The number of benzene rings is 2. The molecule has 1 N–H and O–H groups in total. The number of methoxy groups -OCH3 is 1. The van der Waals surface area contributed by atoms with Crippen LogP contribution < -0.4 is 15.6 Å². The zero-order valence-electron chi connectivity index (χ0n) is 15.6. The number of hydrogen-bond acceptors (Lipinski definition) is 5. The lowest BCUT2D eigenvalue weighted by atomic mass is 10.2. The van der Waals surface area contributed by atoms with Gasteiger partial charge in [0, 0.05) is 17.4 Å². The Bertz CT molecular complexity index is 1120. The number of carbonyl (C=O) groups is 1. The Hall–Kier alpha value is -2.84. The number of amides is 1. The van der Waals surface area contributed by atoms with Gasteiger partial charge in [-0.05, 0) is 42.8 Å². The lowest BCUT2D eigenvalue weighted by molar-refractivity contribution is -0.113. The maximum atomic E-state index is 13.8. The number of anilines is 1. The third-order valence-corrected chi connectivity index (χ3v) is 5.21. The van der Waals surface area contributed by atoms with Gasteiger partial charge in [0.05, 0.1) is 24.2 Å². The number of nitrogens with zero attached hydrogens (tertiary/aromatic N) is 2. The third-order valence-electron chi connectivity index (χ3n) is 4.02. The van der Waals surface area contributed by atoms with E-state index in [0.717, 1.165) is 11.8 Å². The fraction of sp³-hybridized carbons (Fsp3) is 0.150. The van der Waals surface area contributed by atoms with Crippen molar-refractivity contribution < 1.29 is 13.9 Å². The molecule has 0 bridgehead atoms. The van der Waals surface area contributed by atoms with Gasteiger partial charge in [0.25, 0.3) is 5.56 Å². The Morgan fingerprint density at radius 3 is 2.83 bits per heavy atom. The predicted octanol–water partition coefficient (Wildman–Crippen LogP) is 4.07. The molecule has 1 amide bonds. The number of aryl methyl sites for hydroxylation is 1. The SMILES string of the molecule is COc1ccc(Cl)cc1NC(=O)CSc1nccn(-c2ccc(C)c(F)c2)c1=O. The van der Waals surface area contributed by atoms with E-state index < -0.39 is 11.4 Å². The first kappa shape index (κ1) is 20.9. The molecule has 1 heterocycles. The molecular formula is C20H17ClFN3O3S. The van der Waals surface area contributed by atoms with E-state index in [-0.39, 0.29) is 16.7 Å². The molecule has 0 aliphatic heterocycles. The zero-order chi connectivity index (χ0) is 21.0. The second-order valence-electron chi connectivity index (χ2n) is 6.02. The summed E-state index contributed by atoms with van der Waals surface area (Å²) in [4.78, 5) is 29.0. The fourth-order valence-electron chi connectivity index (χ4n) is 2.53. The molecule has 3 aromatic rings. The summed E-state index contributed by atoms with van der Waals surface area (Å²) in [5, 5.41) is 3.27. The number of thioether (sulfide) groups is 1. The highest BCUT2D eigenvalue weighted by Gasteiger charge is 2.13. The molecule has 0 radical (unpaired) electrons. The summed E-state index contributed by atoms with van der Waals surface area (Å²) in [5.74, 6) is -0.345. The van der Waals surface area contributed by atoms with Gasteiger partial charge in [-0.15, -0.1) is 0 Å². The molecule has 0 atom stereocenters. The minimum absolute atomic E-state index is 0.0514. The normalized spacial score (nSPS) is 10.6. The summed E-state index contributed by atoms with van der Waals surface area (Å²) in [6.45, 7) is 1.64. The highest BCUT2D eigenvalue weighted by atomic mass is 35.5. The number of halogens is 2. The minimum Gasteiger partial charge on any atom is -0.495 e. The topological polar surface area (TPSA) is 73.2 Å². The summed E-state index contributed by atoms with van der Waals surface area (Å²) >= 11 is 6.94. The van der Waals surface area contributed by atoms with Gasteiger partial charge in [-0.3, -0.25) is 14.2 Å². The van der Waals surface area contributed by atoms with Gasteiger partial charge >= 0.3 is 0 Å². The Balaban J connectivity index is 1.74. The predicted molar refractivity (Wildman–Crippen MR) is 112 cm³/mol. The van der Waals surface area contributed by atoms with Crippen molar-refractivity contribution in [3.05, 3.63) is 75.5 Å². The number of hydrogen-bond donors (Lipinski definition) is 1. The maximum absolute atomic E-state index is 13.8. The van der Waals surface area contributed by atoms with Crippen LogP contribution in [-0.2, 0) is 4.79 Å². The van der Waals surface area contributed by atoms with Crippen LogP contribution in [0.2, 0.25) is 5.02 Å². The van der Waals surface area contributed by atoms with Crippen LogP contribution >= 0.6 is 23.4 Å². The van der Waals surface area contributed by atoms with E-state index in [4.69, 9.17) is 16.3 Å². The molecule has 0 saturated heterocycles. The largest absolute Gasteiger partial charge is 0.495 e. The molecule has 6 nitrogen and oxygen atoms in total. The molecule has 0 spiro atoms. The van der Waals surface area contributed by atoms with E-state index in [0.29, 0.717) is 27.7 Å². The van der Waals surface area contributed by atoms with Crippen molar-refractivity contribution in [3.8, 4) is 11.4 Å². The van der Waals surface area contributed by atoms with Crippen molar-refractivity contribution in [3.63, 3.8) is 0 Å². The Morgan fingerprint density at radius 1 is 1.31 bits per heavy atom. The molecule has 0 saturated carbocycles. The molecule has 29 heavy (non-hydrogen) atoms. The summed E-state index contributed by atoms with van der Waals surface area (Å²) in [6, 6.07) is 9.38. The quantitative estimate of drug-likeness (QED) is 0.593. The average molecular weight is 434 g/mol. The van der Waals surface area contributed by atoms with Crippen LogP contribution in [-0.4, -0.2) is 28.3 Å².